The first-order valence-corrected chi connectivity index (χ1v) is 8.68. The number of halogens is 1. The van der Waals surface area contributed by atoms with Crippen molar-refractivity contribution in [2.24, 2.45) is 4.99 Å². The Morgan fingerprint density at radius 1 is 1.29 bits per heavy atom. The van der Waals surface area contributed by atoms with E-state index in [9.17, 15) is 4.79 Å². The summed E-state index contributed by atoms with van der Waals surface area (Å²) in [7, 11) is 1.71. The molecule has 0 aliphatic carbocycles. The quantitative estimate of drug-likeness (QED) is 0.280. The maximum absolute atomic E-state index is 12.4. The number of rotatable bonds is 6. The van der Waals surface area contributed by atoms with Crippen LogP contribution in [0.3, 0.4) is 0 Å². The molecule has 2 fully saturated rings. The fraction of sp³-hybridized carbons (Fsp3) is 0.875. The highest BCUT2D eigenvalue weighted by Gasteiger charge is 2.30. The van der Waals surface area contributed by atoms with Crippen LogP contribution in [0.5, 0.6) is 0 Å². The maximum atomic E-state index is 12.4. The molecule has 2 heterocycles. The maximum Gasteiger partial charge on any atom is 0.251 e. The molecule has 1 amide bonds. The van der Waals surface area contributed by atoms with Crippen molar-refractivity contribution in [1.82, 2.24) is 15.1 Å². The number of aliphatic imine (C=N–C) groups is 1. The van der Waals surface area contributed by atoms with Gasteiger partial charge in [-0.25, -0.2) is 0 Å². The minimum atomic E-state index is -0.211. The Bertz CT molecular complexity index is 395. The third-order valence-electron chi connectivity index (χ3n) is 4.20. The van der Waals surface area contributed by atoms with Gasteiger partial charge in [-0.3, -0.25) is 9.79 Å². The number of carbonyl (C=O) groups is 1. The van der Waals surface area contributed by atoms with E-state index in [0.717, 1.165) is 77.7 Å². The van der Waals surface area contributed by atoms with E-state index in [0.29, 0.717) is 0 Å². The third-order valence-corrected chi connectivity index (χ3v) is 4.20. The first-order chi connectivity index (χ1) is 11.3. The lowest BCUT2D eigenvalue weighted by atomic mass is 10.2. The topological polar surface area (TPSA) is 66.4 Å². The van der Waals surface area contributed by atoms with E-state index < -0.39 is 0 Å². The smallest absolute Gasteiger partial charge is 0.251 e. The van der Waals surface area contributed by atoms with Crippen molar-refractivity contribution in [3.8, 4) is 0 Å². The minimum Gasteiger partial charge on any atom is -0.385 e. The van der Waals surface area contributed by atoms with Gasteiger partial charge in [0.1, 0.15) is 6.10 Å². The first-order valence-electron chi connectivity index (χ1n) is 8.68. The van der Waals surface area contributed by atoms with Gasteiger partial charge in [0.25, 0.3) is 5.91 Å². The molecule has 1 N–H and O–H groups in total. The van der Waals surface area contributed by atoms with E-state index in [1.54, 1.807) is 7.11 Å². The summed E-state index contributed by atoms with van der Waals surface area (Å²) in [6, 6.07) is 0. The normalized spacial score (nSPS) is 21.6. The number of amides is 1. The van der Waals surface area contributed by atoms with Crippen LogP contribution < -0.4 is 5.32 Å². The van der Waals surface area contributed by atoms with Crippen LogP contribution in [0.4, 0.5) is 0 Å². The van der Waals surface area contributed by atoms with Crippen molar-refractivity contribution >= 4 is 35.8 Å². The molecule has 0 aromatic heterocycles. The van der Waals surface area contributed by atoms with Gasteiger partial charge in [0.15, 0.2) is 5.96 Å². The van der Waals surface area contributed by atoms with E-state index in [1.165, 1.54) is 0 Å². The molecule has 0 spiro atoms. The Kier molecular flexibility index (Phi) is 10.6. The van der Waals surface area contributed by atoms with Gasteiger partial charge >= 0.3 is 0 Å². The van der Waals surface area contributed by atoms with E-state index in [1.807, 2.05) is 4.90 Å². The molecule has 0 saturated carbocycles. The molecule has 2 saturated heterocycles. The number of piperazine rings is 1. The standard InChI is InChI=1S/C16H30N4O3.HI/c1-3-17-16(18-7-5-12-22-2)20-10-8-19(9-11-20)15(21)14-6-4-13-23-14;/h14H,3-13H2,1-2H3,(H,17,18);1H. The summed E-state index contributed by atoms with van der Waals surface area (Å²) in [5.41, 5.74) is 0. The predicted molar refractivity (Wildman–Crippen MR) is 105 cm³/mol. The Morgan fingerprint density at radius 2 is 2.00 bits per heavy atom. The second kappa shape index (κ2) is 11.9. The molecule has 24 heavy (non-hydrogen) atoms. The summed E-state index contributed by atoms with van der Waals surface area (Å²) in [4.78, 5) is 21.2. The summed E-state index contributed by atoms with van der Waals surface area (Å²) < 4.78 is 10.6. The van der Waals surface area contributed by atoms with Crippen molar-refractivity contribution in [3.63, 3.8) is 0 Å². The van der Waals surface area contributed by atoms with E-state index in [2.05, 4.69) is 22.1 Å². The summed E-state index contributed by atoms with van der Waals surface area (Å²) in [6.45, 7) is 8.22. The van der Waals surface area contributed by atoms with Crippen LogP contribution in [0.1, 0.15) is 26.2 Å². The second-order valence-corrected chi connectivity index (χ2v) is 5.90. The molecular formula is C16H31IN4O3. The van der Waals surface area contributed by atoms with Crippen LogP contribution in [0.25, 0.3) is 0 Å². The predicted octanol–water partition coefficient (Wildman–Crippen LogP) is 0.930. The molecule has 0 bridgehead atoms. The average Bonchev–Trinajstić information content (AvgIpc) is 3.12. The van der Waals surface area contributed by atoms with Gasteiger partial charge in [-0.15, -0.1) is 24.0 Å². The van der Waals surface area contributed by atoms with Gasteiger partial charge in [0.05, 0.1) is 0 Å². The number of guanidine groups is 1. The Balaban J connectivity index is 0.00000288. The number of methoxy groups -OCH3 is 1. The molecule has 1 atom stereocenters. The van der Waals surface area contributed by atoms with Gasteiger partial charge in [-0.05, 0) is 26.2 Å². The number of ether oxygens (including phenoxy) is 2. The largest absolute Gasteiger partial charge is 0.385 e. The molecule has 0 aromatic rings. The molecule has 2 aliphatic heterocycles. The number of nitrogens with one attached hydrogen (secondary N) is 1. The number of hydrogen-bond acceptors (Lipinski definition) is 4. The van der Waals surface area contributed by atoms with Crippen molar-refractivity contribution in [2.45, 2.75) is 32.3 Å². The van der Waals surface area contributed by atoms with Crippen LogP contribution in [0.15, 0.2) is 4.99 Å². The zero-order valence-corrected chi connectivity index (χ0v) is 17.2. The van der Waals surface area contributed by atoms with Crippen molar-refractivity contribution in [3.05, 3.63) is 0 Å². The minimum absolute atomic E-state index is 0. The monoisotopic (exact) mass is 454 g/mol. The van der Waals surface area contributed by atoms with Crippen LogP contribution in [-0.4, -0.2) is 87.4 Å². The van der Waals surface area contributed by atoms with Crippen molar-refractivity contribution < 1.29 is 14.3 Å². The van der Waals surface area contributed by atoms with E-state index in [4.69, 9.17) is 9.47 Å². The summed E-state index contributed by atoms with van der Waals surface area (Å²) in [5.74, 6) is 1.09. The molecule has 2 aliphatic rings. The summed E-state index contributed by atoms with van der Waals surface area (Å²) >= 11 is 0. The Hall–Kier alpha value is -0.610. The zero-order valence-electron chi connectivity index (χ0n) is 14.8. The van der Waals surface area contributed by atoms with Crippen LogP contribution >= 0.6 is 24.0 Å². The van der Waals surface area contributed by atoms with Crippen molar-refractivity contribution in [1.29, 1.82) is 0 Å². The Labute approximate surface area is 162 Å². The second-order valence-electron chi connectivity index (χ2n) is 5.90. The van der Waals surface area contributed by atoms with Gasteiger partial charge in [-0.1, -0.05) is 0 Å². The summed E-state index contributed by atoms with van der Waals surface area (Å²) in [6.07, 6.45) is 2.57. The molecule has 2 rings (SSSR count). The van der Waals surface area contributed by atoms with Crippen LogP contribution in [0, 0.1) is 0 Å². The van der Waals surface area contributed by atoms with Gasteiger partial charge < -0.3 is 24.6 Å². The molecule has 8 heteroatoms. The van der Waals surface area contributed by atoms with E-state index >= 15 is 0 Å². The average molecular weight is 454 g/mol. The lowest BCUT2D eigenvalue weighted by Gasteiger charge is -2.37. The zero-order chi connectivity index (χ0) is 16.5. The van der Waals surface area contributed by atoms with Gasteiger partial charge in [0, 0.05) is 59.6 Å². The highest BCUT2D eigenvalue weighted by atomic mass is 127. The number of hydrogen-bond donors (Lipinski definition) is 1. The highest BCUT2D eigenvalue weighted by Crippen LogP contribution is 2.16. The molecule has 140 valence electrons. The summed E-state index contributed by atoms with van der Waals surface area (Å²) in [5, 5.41) is 3.34. The molecule has 0 aromatic carbocycles. The molecule has 1 unspecified atom stereocenters. The van der Waals surface area contributed by atoms with Crippen molar-refractivity contribution in [2.75, 3.05) is 59.6 Å². The number of carbonyl (C=O) groups excluding carboxylic acids is 1. The molecule has 0 radical (unpaired) electrons. The fourth-order valence-electron chi connectivity index (χ4n) is 2.93. The molecule has 7 nitrogen and oxygen atoms in total. The SMILES string of the molecule is CCNC(=NCCCOC)N1CCN(C(=O)C2CCCO2)CC1.I. The fourth-order valence-corrected chi connectivity index (χ4v) is 2.93. The highest BCUT2D eigenvalue weighted by molar-refractivity contribution is 14.0. The lowest BCUT2D eigenvalue weighted by molar-refractivity contribution is -0.142. The van der Waals surface area contributed by atoms with Crippen LogP contribution in [-0.2, 0) is 14.3 Å². The van der Waals surface area contributed by atoms with E-state index in [-0.39, 0.29) is 36.0 Å². The Morgan fingerprint density at radius 3 is 2.58 bits per heavy atom. The van der Waals surface area contributed by atoms with Gasteiger partial charge in [-0.2, -0.15) is 0 Å². The number of nitrogens with zero attached hydrogens (tertiary/aromatic N) is 3. The first kappa shape index (κ1) is 21.4. The molecular weight excluding hydrogens is 423 g/mol. The van der Waals surface area contributed by atoms with Crippen LogP contribution in [0.2, 0.25) is 0 Å². The third kappa shape index (κ3) is 6.36. The lowest BCUT2D eigenvalue weighted by Crippen LogP contribution is -2.55. The van der Waals surface area contributed by atoms with Gasteiger partial charge in [0.2, 0.25) is 0 Å².